The van der Waals surface area contributed by atoms with Crippen LogP contribution in [-0.4, -0.2) is 19.1 Å². The number of aromatic nitrogens is 4. The fourth-order valence-electron chi connectivity index (χ4n) is 12.3. The van der Waals surface area contributed by atoms with Gasteiger partial charge < -0.3 is 9.13 Å². The van der Waals surface area contributed by atoms with Gasteiger partial charge in [-0.05, 0) is 118 Å². The Balaban J connectivity index is 1.03. The molecule has 334 valence electrons. The van der Waals surface area contributed by atoms with Crippen molar-refractivity contribution < 1.29 is 0 Å². The van der Waals surface area contributed by atoms with Crippen molar-refractivity contribution in [3.8, 4) is 67.5 Å². The standard InChI is InChI=1S/C66H50N4/c1-6-47-60(42-24-14-9-15-25-42)67-64(44-31-33-57-49(35-44)51-37-46(41-22-12-8-13-23-41)39-55-63(51)70(57)59-29-19-17-27-53(59)66(55,4)5)68-61(47)43-30-32-56-48(34-43)50-36-45(40-20-10-7-11-21-40)38-54-62(50)69(56)58-28-18-16-26-52(58)65(54,2)3/h7-39H,6H2,1-5H3. The first-order chi connectivity index (χ1) is 34.2. The molecule has 0 aliphatic carbocycles. The number of fused-ring (bicyclic) bond motifs is 10. The van der Waals surface area contributed by atoms with Crippen LogP contribution in [0.5, 0.6) is 0 Å². The number of hydrogen-bond acceptors (Lipinski definition) is 2. The van der Waals surface area contributed by atoms with Gasteiger partial charge in [0, 0.05) is 54.6 Å². The van der Waals surface area contributed by atoms with E-state index in [1.54, 1.807) is 0 Å². The van der Waals surface area contributed by atoms with E-state index in [-0.39, 0.29) is 10.8 Å². The Kier molecular flexibility index (Phi) is 8.62. The Labute approximate surface area is 408 Å². The monoisotopic (exact) mass is 898 g/mol. The Bertz CT molecular complexity index is 4130. The van der Waals surface area contributed by atoms with Crippen LogP contribution >= 0.6 is 0 Å². The molecule has 9 aromatic carbocycles. The predicted octanol–water partition coefficient (Wildman–Crippen LogP) is 16.8. The normalized spacial score (nSPS) is 14.1. The minimum Gasteiger partial charge on any atom is -0.309 e. The molecule has 0 saturated heterocycles. The highest BCUT2D eigenvalue weighted by molar-refractivity contribution is 6.15. The molecule has 14 rings (SSSR count). The number of hydrogen-bond donors (Lipinski definition) is 0. The van der Waals surface area contributed by atoms with Gasteiger partial charge in [0.25, 0.3) is 0 Å². The smallest absolute Gasteiger partial charge is 0.160 e. The maximum absolute atomic E-state index is 5.68. The van der Waals surface area contributed by atoms with Crippen LogP contribution in [0, 0.1) is 0 Å². The summed E-state index contributed by atoms with van der Waals surface area (Å²) in [5, 5.41) is 4.90. The number of benzene rings is 9. The van der Waals surface area contributed by atoms with Crippen LogP contribution in [0.1, 0.15) is 62.4 Å². The molecule has 0 radical (unpaired) electrons. The van der Waals surface area contributed by atoms with Crippen molar-refractivity contribution in [2.75, 3.05) is 0 Å². The summed E-state index contributed by atoms with van der Waals surface area (Å²) in [5.74, 6) is 0.716. The summed E-state index contributed by atoms with van der Waals surface area (Å²) >= 11 is 0. The third kappa shape index (κ3) is 5.71. The second-order valence-electron chi connectivity index (χ2n) is 20.4. The molecule has 0 spiro atoms. The van der Waals surface area contributed by atoms with Gasteiger partial charge >= 0.3 is 0 Å². The van der Waals surface area contributed by atoms with E-state index < -0.39 is 0 Å². The third-order valence-electron chi connectivity index (χ3n) is 15.9. The molecule has 3 aromatic heterocycles. The lowest BCUT2D eigenvalue weighted by Crippen LogP contribution is -2.26. The van der Waals surface area contributed by atoms with E-state index in [0.717, 1.165) is 40.1 Å². The van der Waals surface area contributed by atoms with E-state index in [9.17, 15) is 0 Å². The Morgan fingerprint density at radius 3 is 1.24 bits per heavy atom. The Morgan fingerprint density at radius 1 is 0.357 bits per heavy atom. The molecule has 5 heterocycles. The van der Waals surface area contributed by atoms with Crippen LogP contribution < -0.4 is 0 Å². The van der Waals surface area contributed by atoms with Crippen molar-refractivity contribution in [1.82, 2.24) is 19.1 Å². The van der Waals surface area contributed by atoms with Gasteiger partial charge in [-0.3, -0.25) is 0 Å². The zero-order valence-electron chi connectivity index (χ0n) is 40.0. The first-order valence-electron chi connectivity index (χ1n) is 24.7. The van der Waals surface area contributed by atoms with Gasteiger partial charge in [0.2, 0.25) is 0 Å². The highest BCUT2D eigenvalue weighted by Gasteiger charge is 2.37. The van der Waals surface area contributed by atoms with Crippen molar-refractivity contribution in [2.45, 2.75) is 51.9 Å². The lowest BCUT2D eigenvalue weighted by molar-refractivity contribution is 0.630. The first-order valence-corrected chi connectivity index (χ1v) is 24.7. The van der Waals surface area contributed by atoms with Gasteiger partial charge in [-0.1, -0.05) is 168 Å². The summed E-state index contributed by atoms with van der Waals surface area (Å²) in [6, 6.07) is 73.8. The minimum absolute atomic E-state index is 0.205. The van der Waals surface area contributed by atoms with Gasteiger partial charge in [0.05, 0.1) is 44.8 Å². The van der Waals surface area contributed by atoms with Crippen molar-refractivity contribution in [3.05, 3.63) is 228 Å². The lowest BCUT2D eigenvalue weighted by Gasteiger charge is -2.35. The third-order valence-corrected chi connectivity index (χ3v) is 15.9. The molecule has 4 heteroatoms. The minimum atomic E-state index is -0.207. The number of nitrogens with zero attached hydrogens (tertiary/aromatic N) is 4. The molecule has 2 aliphatic rings. The second kappa shape index (κ2) is 14.8. The fraction of sp³-hybridized carbons (Fsp3) is 0.121. The van der Waals surface area contributed by atoms with Crippen LogP contribution in [-0.2, 0) is 17.3 Å². The zero-order valence-corrected chi connectivity index (χ0v) is 40.0. The van der Waals surface area contributed by atoms with Crippen molar-refractivity contribution in [1.29, 1.82) is 0 Å². The highest BCUT2D eigenvalue weighted by atomic mass is 15.0. The van der Waals surface area contributed by atoms with Crippen LogP contribution in [0.3, 0.4) is 0 Å². The average molecular weight is 899 g/mol. The first kappa shape index (κ1) is 40.7. The largest absolute Gasteiger partial charge is 0.309 e. The van der Waals surface area contributed by atoms with Gasteiger partial charge in [0.1, 0.15) is 0 Å². The van der Waals surface area contributed by atoms with Crippen LogP contribution in [0.2, 0.25) is 0 Å². The van der Waals surface area contributed by atoms with E-state index in [1.165, 1.54) is 99.5 Å². The summed E-state index contributed by atoms with van der Waals surface area (Å²) in [5.41, 5.74) is 23.4. The molecule has 0 atom stereocenters. The van der Waals surface area contributed by atoms with Crippen molar-refractivity contribution >= 4 is 43.6 Å². The molecule has 12 aromatic rings. The molecule has 4 nitrogen and oxygen atoms in total. The summed E-state index contributed by atoms with van der Waals surface area (Å²) in [4.78, 5) is 11.2. The molecule has 2 aliphatic heterocycles. The molecule has 0 unspecified atom stereocenters. The fourth-order valence-corrected chi connectivity index (χ4v) is 12.3. The maximum atomic E-state index is 5.68. The van der Waals surface area contributed by atoms with Gasteiger partial charge in [-0.15, -0.1) is 0 Å². The molecule has 0 bridgehead atoms. The summed E-state index contributed by atoms with van der Waals surface area (Å²) < 4.78 is 5.01. The van der Waals surface area contributed by atoms with Gasteiger partial charge in [-0.2, -0.15) is 0 Å². The maximum Gasteiger partial charge on any atom is 0.160 e. The molecule has 0 N–H and O–H groups in total. The Hall–Kier alpha value is -8.34. The molecule has 0 saturated carbocycles. The Morgan fingerprint density at radius 2 is 0.757 bits per heavy atom. The van der Waals surface area contributed by atoms with Crippen molar-refractivity contribution in [2.24, 2.45) is 0 Å². The molecule has 0 fully saturated rings. The number of para-hydroxylation sites is 2. The topological polar surface area (TPSA) is 35.6 Å². The summed E-state index contributed by atoms with van der Waals surface area (Å²) in [7, 11) is 0. The summed E-state index contributed by atoms with van der Waals surface area (Å²) in [6.07, 6.45) is 0.774. The number of rotatable bonds is 6. The zero-order chi connectivity index (χ0) is 47.0. The quantitative estimate of drug-likeness (QED) is 0.167. The van der Waals surface area contributed by atoms with Crippen molar-refractivity contribution in [3.63, 3.8) is 0 Å². The summed E-state index contributed by atoms with van der Waals surface area (Å²) in [6.45, 7) is 11.8. The molecular weight excluding hydrogens is 849 g/mol. The lowest BCUT2D eigenvalue weighted by atomic mass is 9.74. The second-order valence-corrected chi connectivity index (χ2v) is 20.4. The van der Waals surface area contributed by atoms with Crippen LogP contribution in [0.4, 0.5) is 0 Å². The SMILES string of the molecule is CCc1c(-c2ccccc2)nc(-c2ccc3c(c2)c2cc(-c4ccccc4)cc4c2n3-c2ccccc2C4(C)C)nc1-c1ccc2c(c1)c1cc(-c3ccccc3)cc3c1n2-c1ccccc1C3(C)C. The van der Waals surface area contributed by atoms with Crippen LogP contribution in [0.25, 0.3) is 111 Å². The molecule has 70 heavy (non-hydrogen) atoms. The van der Waals surface area contributed by atoms with Crippen LogP contribution in [0.15, 0.2) is 200 Å². The average Bonchev–Trinajstić information content (AvgIpc) is 3.92. The van der Waals surface area contributed by atoms with E-state index in [1.807, 2.05) is 0 Å². The van der Waals surface area contributed by atoms with E-state index in [4.69, 9.17) is 9.97 Å². The molecule has 0 amide bonds. The van der Waals surface area contributed by atoms with E-state index in [2.05, 4.69) is 244 Å². The van der Waals surface area contributed by atoms with Gasteiger partial charge in [-0.25, -0.2) is 9.97 Å². The van der Waals surface area contributed by atoms with E-state index >= 15 is 0 Å². The predicted molar refractivity (Wildman–Crippen MR) is 292 cm³/mol. The van der Waals surface area contributed by atoms with E-state index in [0.29, 0.717) is 5.82 Å². The highest BCUT2D eigenvalue weighted by Crippen LogP contribution is 2.52. The molecular formula is C66H50N4. The van der Waals surface area contributed by atoms with Gasteiger partial charge in [0.15, 0.2) is 5.82 Å².